The summed E-state index contributed by atoms with van der Waals surface area (Å²) in [5, 5.41) is 0.854. The molecule has 0 aliphatic carbocycles. The van der Waals surface area contributed by atoms with Crippen LogP contribution in [0, 0.1) is 0 Å². The molecule has 0 saturated carbocycles. The second-order valence-electron chi connectivity index (χ2n) is 7.94. The highest BCUT2D eigenvalue weighted by atomic mass is 16.5. The zero-order valence-corrected chi connectivity index (χ0v) is 17.4. The molecule has 2 aromatic rings. The largest absolute Gasteiger partial charge is 0.491 e. The number of benzene rings is 1. The number of fused-ring (bicyclic) bond motifs is 1. The molecule has 0 radical (unpaired) electrons. The maximum absolute atomic E-state index is 12.5. The van der Waals surface area contributed by atoms with E-state index in [0.717, 1.165) is 30.5 Å². The van der Waals surface area contributed by atoms with Crippen molar-refractivity contribution in [2.45, 2.75) is 59.2 Å². The molecule has 0 bridgehead atoms. The molecule has 1 fully saturated rings. The molecule has 3 rings (SSSR count). The third kappa shape index (κ3) is 5.41. The lowest BCUT2D eigenvalue weighted by atomic mass is 10.1. The molecule has 1 aromatic heterocycles. The molecule has 0 unspecified atom stereocenters. The summed E-state index contributed by atoms with van der Waals surface area (Å²) in [6.45, 7) is 11.3. The zero-order chi connectivity index (χ0) is 20.1. The van der Waals surface area contributed by atoms with Crippen LogP contribution in [-0.2, 0) is 4.74 Å². The minimum Gasteiger partial charge on any atom is -0.491 e. The summed E-state index contributed by atoms with van der Waals surface area (Å²) >= 11 is 0. The normalized spacial score (nSPS) is 15.4. The van der Waals surface area contributed by atoms with Gasteiger partial charge in [-0.15, -0.1) is 0 Å². The number of nitrogens with zero attached hydrogens (tertiary/aromatic N) is 1. The summed E-state index contributed by atoms with van der Waals surface area (Å²) in [6.07, 6.45) is 3.84. The van der Waals surface area contributed by atoms with E-state index in [2.05, 4.69) is 9.88 Å². The molecular formula is C22H32N2O4. The lowest BCUT2D eigenvalue weighted by Gasteiger charge is -2.25. The fourth-order valence-electron chi connectivity index (χ4n) is 3.51. The van der Waals surface area contributed by atoms with Gasteiger partial charge in [-0.3, -0.25) is 4.90 Å². The van der Waals surface area contributed by atoms with Gasteiger partial charge in [0.25, 0.3) is 0 Å². The summed E-state index contributed by atoms with van der Waals surface area (Å²) in [7, 11) is 0. The van der Waals surface area contributed by atoms with Crippen LogP contribution in [0.5, 0.6) is 11.5 Å². The van der Waals surface area contributed by atoms with Crippen molar-refractivity contribution < 1.29 is 19.0 Å². The van der Waals surface area contributed by atoms with Crippen LogP contribution in [0.25, 0.3) is 10.9 Å². The summed E-state index contributed by atoms with van der Waals surface area (Å²) < 4.78 is 17.3. The van der Waals surface area contributed by atoms with E-state index in [1.807, 2.05) is 39.8 Å². The number of hydrogen-bond donors (Lipinski definition) is 1. The van der Waals surface area contributed by atoms with Crippen molar-refractivity contribution >= 4 is 16.9 Å². The van der Waals surface area contributed by atoms with E-state index in [0.29, 0.717) is 23.8 Å². The van der Waals surface area contributed by atoms with E-state index in [9.17, 15) is 4.79 Å². The number of carbonyl (C=O) groups excluding carboxylic acids is 1. The van der Waals surface area contributed by atoms with Crippen LogP contribution in [0.1, 0.15) is 57.4 Å². The number of rotatable bonds is 8. The fraction of sp³-hybridized carbons (Fsp3) is 0.591. The number of aromatic amines is 1. The number of hydrogen-bond acceptors (Lipinski definition) is 5. The first-order chi connectivity index (χ1) is 13.4. The SMILES string of the molecule is CC(C)Oc1cc(OC(C)C)c2cc(C(=O)OCCN3CCCCC3)[nH]c2c1. The molecule has 1 aromatic carbocycles. The van der Waals surface area contributed by atoms with Gasteiger partial charge in [-0.25, -0.2) is 4.79 Å². The minimum absolute atomic E-state index is 0.0207. The number of H-pyrrole nitrogens is 1. The molecule has 28 heavy (non-hydrogen) atoms. The predicted molar refractivity (Wildman–Crippen MR) is 110 cm³/mol. The van der Waals surface area contributed by atoms with E-state index >= 15 is 0 Å². The van der Waals surface area contributed by atoms with Crippen LogP contribution in [0.2, 0.25) is 0 Å². The van der Waals surface area contributed by atoms with Gasteiger partial charge in [0.2, 0.25) is 0 Å². The Bertz CT molecular complexity index is 791. The van der Waals surface area contributed by atoms with E-state index in [1.165, 1.54) is 19.3 Å². The minimum atomic E-state index is -0.338. The Morgan fingerprint density at radius 3 is 2.43 bits per heavy atom. The lowest BCUT2D eigenvalue weighted by molar-refractivity contribution is 0.0446. The van der Waals surface area contributed by atoms with E-state index < -0.39 is 0 Å². The monoisotopic (exact) mass is 388 g/mol. The Balaban J connectivity index is 1.72. The number of ether oxygens (including phenoxy) is 3. The Morgan fingerprint density at radius 2 is 1.75 bits per heavy atom. The summed E-state index contributed by atoms with van der Waals surface area (Å²) in [4.78, 5) is 18.0. The molecule has 1 saturated heterocycles. The third-order valence-corrected chi connectivity index (χ3v) is 4.72. The predicted octanol–water partition coefficient (Wildman–Crippen LogP) is 4.39. The maximum Gasteiger partial charge on any atom is 0.354 e. The summed E-state index contributed by atoms with van der Waals surface area (Å²) in [5.41, 5.74) is 1.24. The highest BCUT2D eigenvalue weighted by molar-refractivity contribution is 5.97. The second-order valence-corrected chi connectivity index (χ2v) is 7.94. The van der Waals surface area contributed by atoms with Crippen molar-refractivity contribution in [1.82, 2.24) is 9.88 Å². The first-order valence-electron chi connectivity index (χ1n) is 10.3. The molecule has 2 heterocycles. The molecule has 1 aliphatic rings. The van der Waals surface area contributed by atoms with Gasteiger partial charge < -0.3 is 19.2 Å². The van der Waals surface area contributed by atoms with Gasteiger partial charge in [0, 0.05) is 24.1 Å². The van der Waals surface area contributed by atoms with Crippen molar-refractivity contribution in [1.29, 1.82) is 0 Å². The van der Waals surface area contributed by atoms with Crippen LogP contribution in [-0.4, -0.2) is 54.3 Å². The smallest absolute Gasteiger partial charge is 0.354 e. The zero-order valence-electron chi connectivity index (χ0n) is 17.4. The van der Waals surface area contributed by atoms with Crippen LogP contribution in [0.4, 0.5) is 0 Å². The average molecular weight is 389 g/mol. The topological polar surface area (TPSA) is 63.8 Å². The Labute approximate surface area is 167 Å². The number of likely N-dealkylation sites (tertiary alicyclic amines) is 1. The molecule has 0 spiro atoms. The number of esters is 1. The molecule has 154 valence electrons. The Morgan fingerprint density at radius 1 is 1.04 bits per heavy atom. The first kappa shape index (κ1) is 20.5. The van der Waals surface area contributed by atoms with Crippen molar-refractivity contribution in [2.75, 3.05) is 26.2 Å². The van der Waals surface area contributed by atoms with Crippen molar-refractivity contribution in [3.05, 3.63) is 23.9 Å². The quantitative estimate of drug-likeness (QED) is 0.680. The molecule has 1 aliphatic heterocycles. The average Bonchev–Trinajstić information content (AvgIpc) is 3.06. The van der Waals surface area contributed by atoms with Crippen molar-refractivity contribution in [3.8, 4) is 11.5 Å². The van der Waals surface area contributed by atoms with Crippen LogP contribution in [0.3, 0.4) is 0 Å². The molecular weight excluding hydrogens is 356 g/mol. The highest BCUT2D eigenvalue weighted by Crippen LogP contribution is 2.33. The van der Waals surface area contributed by atoms with Gasteiger partial charge >= 0.3 is 5.97 Å². The Kier molecular flexibility index (Phi) is 6.83. The van der Waals surface area contributed by atoms with Gasteiger partial charge in [0.1, 0.15) is 23.8 Å². The number of carbonyl (C=O) groups is 1. The van der Waals surface area contributed by atoms with E-state index in [1.54, 1.807) is 6.07 Å². The first-order valence-corrected chi connectivity index (χ1v) is 10.3. The van der Waals surface area contributed by atoms with Crippen LogP contribution >= 0.6 is 0 Å². The van der Waals surface area contributed by atoms with Crippen molar-refractivity contribution in [2.24, 2.45) is 0 Å². The fourth-order valence-corrected chi connectivity index (χ4v) is 3.51. The molecule has 6 nitrogen and oxygen atoms in total. The lowest BCUT2D eigenvalue weighted by Crippen LogP contribution is -2.33. The van der Waals surface area contributed by atoms with Gasteiger partial charge in [-0.2, -0.15) is 0 Å². The highest BCUT2D eigenvalue weighted by Gasteiger charge is 2.17. The molecule has 6 heteroatoms. The molecule has 0 amide bonds. The maximum atomic E-state index is 12.5. The van der Waals surface area contributed by atoms with Gasteiger partial charge in [-0.05, 0) is 59.7 Å². The number of nitrogens with one attached hydrogen (secondary N) is 1. The summed E-state index contributed by atoms with van der Waals surface area (Å²) in [6, 6.07) is 5.57. The number of piperidine rings is 1. The summed E-state index contributed by atoms with van der Waals surface area (Å²) in [5.74, 6) is 1.08. The van der Waals surface area contributed by atoms with E-state index in [4.69, 9.17) is 14.2 Å². The van der Waals surface area contributed by atoms with Crippen LogP contribution in [0.15, 0.2) is 18.2 Å². The standard InChI is InChI=1S/C22H32N2O4/c1-15(2)27-17-12-19-18(21(13-17)28-16(3)4)14-20(23-19)22(25)26-11-10-24-8-6-5-7-9-24/h12-16,23H,5-11H2,1-4H3. The Hall–Kier alpha value is -2.21. The van der Waals surface area contributed by atoms with Gasteiger partial charge in [0.05, 0.1) is 17.7 Å². The molecule has 0 atom stereocenters. The third-order valence-electron chi connectivity index (χ3n) is 4.72. The van der Waals surface area contributed by atoms with Gasteiger partial charge in [0.15, 0.2) is 0 Å². The second kappa shape index (κ2) is 9.32. The van der Waals surface area contributed by atoms with Crippen molar-refractivity contribution in [3.63, 3.8) is 0 Å². The van der Waals surface area contributed by atoms with E-state index in [-0.39, 0.29) is 18.2 Å². The van der Waals surface area contributed by atoms with Gasteiger partial charge in [-0.1, -0.05) is 6.42 Å². The number of aromatic nitrogens is 1. The molecule has 1 N–H and O–H groups in total. The van der Waals surface area contributed by atoms with Crippen LogP contribution < -0.4 is 9.47 Å².